The molecule has 4 aliphatic rings. The first-order valence-electron chi connectivity index (χ1n) is 11.7. The molecule has 162 valence electrons. The molecule has 3 saturated heterocycles. The van der Waals surface area contributed by atoms with E-state index in [2.05, 4.69) is 15.1 Å². The number of rotatable bonds is 6. The molecule has 3 aliphatic heterocycles. The predicted octanol–water partition coefficient (Wildman–Crippen LogP) is 2.59. The lowest BCUT2D eigenvalue weighted by Gasteiger charge is -2.57. The SMILES string of the molecule is O=C(O)c1ccc(CN2C[C@@H]3C[C@@H](C2)[C@H](CNC(=O)C2CC2)N2CCCC[C@@H]32)cc1. The lowest BCUT2D eigenvalue weighted by molar-refractivity contribution is -0.123. The van der Waals surface area contributed by atoms with Crippen LogP contribution in [-0.4, -0.2) is 65.0 Å². The van der Waals surface area contributed by atoms with Gasteiger partial charge in [-0.05, 0) is 68.2 Å². The summed E-state index contributed by atoms with van der Waals surface area (Å²) >= 11 is 0. The number of carboxylic acid groups (broad SMARTS) is 1. The summed E-state index contributed by atoms with van der Waals surface area (Å²) in [6.45, 7) is 5.04. The van der Waals surface area contributed by atoms with Crippen molar-refractivity contribution in [2.75, 3.05) is 26.2 Å². The fourth-order valence-electron chi connectivity index (χ4n) is 6.12. The number of carbonyl (C=O) groups is 2. The van der Waals surface area contributed by atoms with Gasteiger partial charge in [0.15, 0.2) is 0 Å². The van der Waals surface area contributed by atoms with Gasteiger partial charge in [-0.3, -0.25) is 14.6 Å². The smallest absolute Gasteiger partial charge is 0.335 e. The molecule has 0 spiro atoms. The van der Waals surface area contributed by atoms with E-state index in [1.807, 2.05) is 12.1 Å². The van der Waals surface area contributed by atoms with Gasteiger partial charge in [-0.1, -0.05) is 18.6 Å². The van der Waals surface area contributed by atoms with Gasteiger partial charge in [-0.25, -0.2) is 4.79 Å². The van der Waals surface area contributed by atoms with Gasteiger partial charge in [-0.15, -0.1) is 0 Å². The predicted molar refractivity (Wildman–Crippen MR) is 114 cm³/mol. The van der Waals surface area contributed by atoms with Crippen LogP contribution in [0.2, 0.25) is 0 Å². The number of nitrogens with zero attached hydrogens (tertiary/aromatic N) is 2. The van der Waals surface area contributed by atoms with Crippen molar-refractivity contribution in [3.05, 3.63) is 35.4 Å². The molecular formula is C24H33N3O3. The minimum atomic E-state index is -0.873. The number of fused-ring (bicyclic) bond motifs is 4. The molecule has 4 atom stereocenters. The molecule has 30 heavy (non-hydrogen) atoms. The van der Waals surface area contributed by atoms with E-state index in [-0.39, 0.29) is 11.8 Å². The van der Waals surface area contributed by atoms with Crippen LogP contribution in [0.1, 0.15) is 54.4 Å². The lowest BCUT2D eigenvalue weighted by Crippen LogP contribution is -2.65. The first kappa shape index (κ1) is 20.0. The fraction of sp³-hybridized carbons (Fsp3) is 0.667. The summed E-state index contributed by atoms with van der Waals surface area (Å²) in [6.07, 6.45) is 7.28. The van der Waals surface area contributed by atoms with Crippen molar-refractivity contribution >= 4 is 11.9 Å². The molecule has 1 aromatic rings. The van der Waals surface area contributed by atoms with Crippen LogP contribution in [0.3, 0.4) is 0 Å². The van der Waals surface area contributed by atoms with Crippen molar-refractivity contribution in [2.24, 2.45) is 17.8 Å². The third-order valence-corrected chi connectivity index (χ3v) is 7.74. The van der Waals surface area contributed by atoms with Crippen molar-refractivity contribution in [2.45, 2.75) is 57.2 Å². The molecule has 3 heterocycles. The molecule has 0 aromatic heterocycles. The molecule has 5 rings (SSSR count). The van der Waals surface area contributed by atoms with Crippen LogP contribution in [0.15, 0.2) is 24.3 Å². The zero-order valence-electron chi connectivity index (χ0n) is 17.6. The summed E-state index contributed by atoms with van der Waals surface area (Å²) in [7, 11) is 0. The van der Waals surface area contributed by atoms with Gasteiger partial charge >= 0.3 is 5.97 Å². The Balaban J connectivity index is 1.28. The van der Waals surface area contributed by atoms with E-state index >= 15 is 0 Å². The Morgan fingerprint density at radius 2 is 1.80 bits per heavy atom. The van der Waals surface area contributed by atoms with Crippen LogP contribution in [-0.2, 0) is 11.3 Å². The van der Waals surface area contributed by atoms with Crippen molar-refractivity contribution in [3.63, 3.8) is 0 Å². The number of carbonyl (C=O) groups excluding carboxylic acids is 1. The Morgan fingerprint density at radius 1 is 1.03 bits per heavy atom. The van der Waals surface area contributed by atoms with E-state index in [0.29, 0.717) is 29.5 Å². The highest BCUT2D eigenvalue weighted by Crippen LogP contribution is 2.41. The molecule has 6 heteroatoms. The molecule has 0 unspecified atom stereocenters. The number of likely N-dealkylation sites (tertiary alicyclic amines) is 1. The van der Waals surface area contributed by atoms with Crippen molar-refractivity contribution < 1.29 is 14.7 Å². The molecule has 2 bridgehead atoms. The summed E-state index contributed by atoms with van der Waals surface area (Å²) in [6, 6.07) is 8.42. The summed E-state index contributed by atoms with van der Waals surface area (Å²) in [5.41, 5.74) is 1.53. The monoisotopic (exact) mass is 411 g/mol. The number of aromatic carboxylic acids is 1. The average molecular weight is 412 g/mol. The quantitative estimate of drug-likeness (QED) is 0.753. The molecule has 1 aromatic carbocycles. The van der Waals surface area contributed by atoms with Crippen LogP contribution in [0.4, 0.5) is 0 Å². The second kappa shape index (κ2) is 8.31. The van der Waals surface area contributed by atoms with E-state index in [1.165, 1.54) is 37.8 Å². The highest BCUT2D eigenvalue weighted by molar-refractivity contribution is 5.87. The number of hydrogen-bond donors (Lipinski definition) is 2. The number of amides is 1. The van der Waals surface area contributed by atoms with Gasteiger partial charge in [0, 0.05) is 44.2 Å². The summed E-state index contributed by atoms with van der Waals surface area (Å²) < 4.78 is 0. The van der Waals surface area contributed by atoms with Crippen molar-refractivity contribution in [1.82, 2.24) is 15.1 Å². The van der Waals surface area contributed by atoms with Gasteiger partial charge in [0.1, 0.15) is 0 Å². The van der Waals surface area contributed by atoms with E-state index in [1.54, 1.807) is 12.1 Å². The molecule has 2 N–H and O–H groups in total. The van der Waals surface area contributed by atoms with Crippen LogP contribution in [0, 0.1) is 17.8 Å². The second-order valence-electron chi connectivity index (χ2n) is 9.84. The molecule has 6 nitrogen and oxygen atoms in total. The Morgan fingerprint density at radius 3 is 2.53 bits per heavy atom. The largest absolute Gasteiger partial charge is 0.478 e. The van der Waals surface area contributed by atoms with E-state index in [9.17, 15) is 9.59 Å². The normalized spacial score (nSPS) is 31.7. The maximum atomic E-state index is 12.3. The van der Waals surface area contributed by atoms with Crippen molar-refractivity contribution in [1.29, 1.82) is 0 Å². The third kappa shape index (κ3) is 4.12. The lowest BCUT2D eigenvalue weighted by atomic mass is 9.72. The zero-order chi connectivity index (χ0) is 20.7. The summed E-state index contributed by atoms with van der Waals surface area (Å²) in [5.74, 6) is 0.961. The van der Waals surface area contributed by atoms with E-state index < -0.39 is 5.97 Å². The maximum absolute atomic E-state index is 12.3. The molecule has 1 amide bonds. The summed E-state index contributed by atoms with van der Waals surface area (Å²) in [5, 5.41) is 12.4. The number of nitrogens with one attached hydrogen (secondary N) is 1. The van der Waals surface area contributed by atoms with Crippen LogP contribution >= 0.6 is 0 Å². The second-order valence-corrected chi connectivity index (χ2v) is 9.84. The zero-order valence-corrected chi connectivity index (χ0v) is 17.6. The number of carboxylic acids is 1. The van der Waals surface area contributed by atoms with Gasteiger partial charge in [0.2, 0.25) is 5.91 Å². The molecular weight excluding hydrogens is 378 g/mol. The Hall–Kier alpha value is -1.92. The highest BCUT2D eigenvalue weighted by Gasteiger charge is 2.47. The highest BCUT2D eigenvalue weighted by atomic mass is 16.4. The van der Waals surface area contributed by atoms with Crippen LogP contribution < -0.4 is 5.32 Å². The maximum Gasteiger partial charge on any atom is 0.335 e. The first-order chi connectivity index (χ1) is 14.6. The molecule has 1 aliphatic carbocycles. The molecule has 4 fully saturated rings. The third-order valence-electron chi connectivity index (χ3n) is 7.74. The first-order valence-corrected chi connectivity index (χ1v) is 11.7. The van der Waals surface area contributed by atoms with E-state index in [4.69, 9.17) is 5.11 Å². The Kier molecular flexibility index (Phi) is 5.54. The number of piperidine rings is 3. The van der Waals surface area contributed by atoms with Gasteiger partial charge in [-0.2, -0.15) is 0 Å². The summed E-state index contributed by atoms with van der Waals surface area (Å²) in [4.78, 5) is 28.7. The number of hydrogen-bond acceptors (Lipinski definition) is 4. The average Bonchev–Trinajstić information content (AvgIpc) is 3.59. The Labute approximate surface area is 178 Å². The van der Waals surface area contributed by atoms with Gasteiger partial charge < -0.3 is 10.4 Å². The van der Waals surface area contributed by atoms with Crippen LogP contribution in [0.25, 0.3) is 0 Å². The van der Waals surface area contributed by atoms with Crippen LogP contribution in [0.5, 0.6) is 0 Å². The van der Waals surface area contributed by atoms with Gasteiger partial charge in [0.25, 0.3) is 0 Å². The molecule has 0 radical (unpaired) electrons. The fourth-order valence-corrected chi connectivity index (χ4v) is 6.12. The van der Waals surface area contributed by atoms with Crippen molar-refractivity contribution in [3.8, 4) is 0 Å². The Bertz CT molecular complexity index is 791. The van der Waals surface area contributed by atoms with Gasteiger partial charge in [0.05, 0.1) is 5.56 Å². The minimum absolute atomic E-state index is 0.261. The standard InChI is InChI=1S/C24H33N3O3/c28-23(17-8-9-17)25-12-22-20-11-19(21-3-1-2-10-27(21)22)14-26(15-20)13-16-4-6-18(7-5-16)24(29)30/h4-7,17,19-22H,1-3,8-15H2,(H,25,28)(H,29,30)/t19-,20-,21-,22-/m0/s1. The molecule has 1 saturated carbocycles. The topological polar surface area (TPSA) is 72.9 Å². The minimum Gasteiger partial charge on any atom is -0.478 e. The number of benzene rings is 1. The van der Waals surface area contributed by atoms with E-state index in [0.717, 1.165) is 39.0 Å².